The summed E-state index contributed by atoms with van der Waals surface area (Å²) in [5.41, 5.74) is 0. The molecule has 0 aliphatic rings. The second-order valence-electron chi connectivity index (χ2n) is 3.19. The Labute approximate surface area is 73.7 Å². The minimum absolute atomic E-state index is 0.672. The summed E-state index contributed by atoms with van der Waals surface area (Å²) < 4.78 is 0. The van der Waals surface area contributed by atoms with Gasteiger partial charge in [0.2, 0.25) is 0 Å². The predicted octanol–water partition coefficient (Wildman–Crippen LogP) is 3.25. The van der Waals surface area contributed by atoms with Crippen molar-refractivity contribution in [3.05, 3.63) is 0 Å². The molecule has 1 unspecified atom stereocenters. The first kappa shape index (κ1) is 10.6. The van der Waals surface area contributed by atoms with Crippen LogP contribution in [0.3, 0.4) is 0 Å². The van der Waals surface area contributed by atoms with Crippen LogP contribution in [0.5, 0.6) is 0 Å². The van der Waals surface area contributed by atoms with Gasteiger partial charge in [-0.15, -0.1) is 11.6 Å². The fourth-order valence-electron chi connectivity index (χ4n) is 0.549. The third-order valence-electron chi connectivity index (χ3n) is 1.12. The molecule has 0 aromatic carbocycles. The van der Waals surface area contributed by atoms with E-state index < -0.39 is 0 Å². The fourth-order valence-corrected chi connectivity index (χ4v) is 1.92. The smallest absolute Gasteiger partial charge is 0.0257 e. The second kappa shape index (κ2) is 6.36. The maximum atomic E-state index is 5.65. The van der Waals surface area contributed by atoms with Crippen LogP contribution in [0.15, 0.2) is 0 Å². The van der Waals surface area contributed by atoms with Gasteiger partial charge in [-0.1, -0.05) is 20.8 Å². The normalized spacial score (nSPS) is 14.1. The Morgan fingerprint density at radius 2 is 1.80 bits per heavy atom. The zero-order chi connectivity index (χ0) is 7.98. The predicted molar refractivity (Wildman–Crippen MR) is 52.0 cm³/mol. The molecule has 0 aromatic rings. The largest absolute Gasteiger partial charge is 0.161 e. The van der Waals surface area contributed by atoms with Crippen LogP contribution in [0.2, 0.25) is 0 Å². The molecule has 0 radical (unpaired) electrons. The van der Waals surface area contributed by atoms with Crippen molar-refractivity contribution in [2.75, 3.05) is 17.4 Å². The Morgan fingerprint density at radius 3 is 2.20 bits per heavy atom. The number of alkyl halides is 1. The first-order chi connectivity index (χ1) is 4.66. The van der Waals surface area contributed by atoms with E-state index in [1.807, 2.05) is 11.8 Å². The molecule has 0 heterocycles. The van der Waals surface area contributed by atoms with E-state index in [-0.39, 0.29) is 0 Å². The van der Waals surface area contributed by atoms with Crippen molar-refractivity contribution < 1.29 is 0 Å². The van der Waals surface area contributed by atoms with E-state index in [4.69, 9.17) is 11.6 Å². The monoisotopic (exact) mass is 180 g/mol. The Hall–Kier alpha value is 0.640. The summed E-state index contributed by atoms with van der Waals surface area (Å²) in [7, 11) is 0. The molecule has 0 bridgehead atoms. The van der Waals surface area contributed by atoms with Crippen molar-refractivity contribution in [3.8, 4) is 0 Å². The van der Waals surface area contributed by atoms with E-state index in [0.717, 1.165) is 11.8 Å². The SMILES string of the molecule is CC(C)CSCC(C)CCl. The molecule has 62 valence electrons. The van der Waals surface area contributed by atoms with Crippen LogP contribution in [0.1, 0.15) is 20.8 Å². The van der Waals surface area contributed by atoms with Gasteiger partial charge in [0.25, 0.3) is 0 Å². The molecule has 0 nitrogen and oxygen atoms in total. The lowest BCUT2D eigenvalue weighted by Gasteiger charge is -2.07. The topological polar surface area (TPSA) is 0 Å². The Kier molecular flexibility index (Phi) is 6.76. The van der Waals surface area contributed by atoms with Crippen LogP contribution in [0.25, 0.3) is 0 Å². The lowest BCUT2D eigenvalue weighted by molar-refractivity contribution is 0.734. The van der Waals surface area contributed by atoms with Crippen LogP contribution in [0.4, 0.5) is 0 Å². The summed E-state index contributed by atoms with van der Waals surface area (Å²) in [6.45, 7) is 6.69. The molecule has 0 amide bonds. The molecular formula is C8H17ClS. The van der Waals surface area contributed by atoms with Crippen molar-refractivity contribution in [2.24, 2.45) is 11.8 Å². The summed E-state index contributed by atoms with van der Waals surface area (Å²) in [5.74, 6) is 4.76. The lowest BCUT2D eigenvalue weighted by Crippen LogP contribution is -2.01. The molecule has 1 atom stereocenters. The molecule has 0 N–H and O–H groups in total. The van der Waals surface area contributed by atoms with Crippen molar-refractivity contribution in [2.45, 2.75) is 20.8 Å². The van der Waals surface area contributed by atoms with Crippen LogP contribution in [0, 0.1) is 11.8 Å². The highest BCUT2D eigenvalue weighted by Crippen LogP contribution is 2.12. The van der Waals surface area contributed by atoms with Gasteiger partial charge in [0, 0.05) is 5.88 Å². The molecule has 0 saturated carbocycles. The zero-order valence-electron chi connectivity index (χ0n) is 7.06. The third kappa shape index (κ3) is 6.76. The number of hydrogen-bond donors (Lipinski definition) is 0. The van der Waals surface area contributed by atoms with Gasteiger partial charge in [0.15, 0.2) is 0 Å². The number of rotatable bonds is 5. The maximum Gasteiger partial charge on any atom is 0.0257 e. The summed E-state index contributed by atoms with van der Waals surface area (Å²) in [5, 5.41) is 0. The van der Waals surface area contributed by atoms with Crippen LogP contribution < -0.4 is 0 Å². The number of hydrogen-bond acceptors (Lipinski definition) is 1. The molecule has 0 aliphatic heterocycles. The third-order valence-corrected chi connectivity index (χ3v) is 3.35. The molecule has 0 spiro atoms. The average Bonchev–Trinajstić information content (AvgIpc) is 1.87. The first-order valence-electron chi connectivity index (χ1n) is 3.80. The Morgan fingerprint density at radius 1 is 1.20 bits per heavy atom. The highest BCUT2D eigenvalue weighted by molar-refractivity contribution is 7.99. The van der Waals surface area contributed by atoms with Crippen molar-refractivity contribution in [3.63, 3.8) is 0 Å². The van der Waals surface area contributed by atoms with Crippen molar-refractivity contribution in [1.82, 2.24) is 0 Å². The fraction of sp³-hybridized carbons (Fsp3) is 1.00. The molecule has 10 heavy (non-hydrogen) atoms. The van der Waals surface area contributed by atoms with E-state index in [2.05, 4.69) is 20.8 Å². The van der Waals surface area contributed by atoms with Gasteiger partial charge in [-0.3, -0.25) is 0 Å². The molecule has 2 heteroatoms. The highest BCUT2D eigenvalue weighted by Gasteiger charge is 2.00. The molecular weight excluding hydrogens is 164 g/mol. The summed E-state index contributed by atoms with van der Waals surface area (Å²) in [6, 6.07) is 0. The molecule has 0 rings (SSSR count). The summed E-state index contributed by atoms with van der Waals surface area (Å²) in [6.07, 6.45) is 0. The molecule has 0 fully saturated rings. The van der Waals surface area contributed by atoms with E-state index in [1.54, 1.807) is 0 Å². The van der Waals surface area contributed by atoms with Crippen LogP contribution in [-0.2, 0) is 0 Å². The molecule has 0 aromatic heterocycles. The number of halogens is 1. The van der Waals surface area contributed by atoms with Crippen molar-refractivity contribution in [1.29, 1.82) is 0 Å². The summed E-state index contributed by atoms with van der Waals surface area (Å²) in [4.78, 5) is 0. The van der Waals surface area contributed by atoms with Gasteiger partial charge >= 0.3 is 0 Å². The maximum absolute atomic E-state index is 5.65. The number of thioether (sulfide) groups is 1. The average molecular weight is 181 g/mol. The highest BCUT2D eigenvalue weighted by atomic mass is 35.5. The molecule has 0 saturated heterocycles. The van der Waals surface area contributed by atoms with Gasteiger partial charge in [-0.2, -0.15) is 11.8 Å². The standard InChI is InChI=1S/C8H17ClS/c1-7(2)5-10-6-8(3)4-9/h7-8H,4-6H2,1-3H3. The summed E-state index contributed by atoms with van der Waals surface area (Å²) >= 11 is 7.66. The van der Waals surface area contributed by atoms with E-state index >= 15 is 0 Å². The van der Waals surface area contributed by atoms with Gasteiger partial charge in [-0.25, -0.2) is 0 Å². The van der Waals surface area contributed by atoms with Gasteiger partial charge in [-0.05, 0) is 23.3 Å². The lowest BCUT2D eigenvalue weighted by atomic mass is 10.3. The van der Waals surface area contributed by atoms with Gasteiger partial charge in [0.05, 0.1) is 0 Å². The first-order valence-corrected chi connectivity index (χ1v) is 5.49. The van der Waals surface area contributed by atoms with E-state index in [9.17, 15) is 0 Å². The quantitative estimate of drug-likeness (QED) is 0.586. The van der Waals surface area contributed by atoms with Crippen LogP contribution >= 0.6 is 23.4 Å². The molecule has 0 aliphatic carbocycles. The Bertz CT molecular complexity index is 73.7. The van der Waals surface area contributed by atoms with Gasteiger partial charge < -0.3 is 0 Å². The minimum Gasteiger partial charge on any atom is -0.161 e. The van der Waals surface area contributed by atoms with Crippen molar-refractivity contribution >= 4 is 23.4 Å². The Balaban J connectivity index is 3.03. The van der Waals surface area contributed by atoms with Gasteiger partial charge in [0.1, 0.15) is 0 Å². The zero-order valence-corrected chi connectivity index (χ0v) is 8.63. The van der Waals surface area contributed by atoms with E-state index in [0.29, 0.717) is 5.92 Å². The second-order valence-corrected chi connectivity index (χ2v) is 4.57. The van der Waals surface area contributed by atoms with E-state index in [1.165, 1.54) is 11.5 Å². The minimum atomic E-state index is 0.672. The van der Waals surface area contributed by atoms with Crippen LogP contribution in [-0.4, -0.2) is 17.4 Å².